The number of nitrogens with zero attached hydrogens (tertiary/aromatic N) is 1. The van der Waals surface area contributed by atoms with Gasteiger partial charge in [-0.3, -0.25) is 9.59 Å². The normalized spacial score (nSPS) is 22.0. The van der Waals surface area contributed by atoms with Gasteiger partial charge in [-0.15, -0.1) is 0 Å². The highest BCUT2D eigenvalue weighted by Gasteiger charge is 2.32. The quantitative estimate of drug-likeness (QED) is 0.508. The average molecular weight is 465 g/mol. The highest BCUT2D eigenvalue weighted by Crippen LogP contribution is 2.37. The van der Waals surface area contributed by atoms with Crippen molar-refractivity contribution in [2.75, 3.05) is 23.4 Å². The molecule has 6 heteroatoms. The van der Waals surface area contributed by atoms with Crippen molar-refractivity contribution >= 4 is 23.2 Å². The van der Waals surface area contributed by atoms with E-state index in [2.05, 4.69) is 12.2 Å². The molecule has 2 aliphatic rings. The van der Waals surface area contributed by atoms with Gasteiger partial charge in [0.2, 0.25) is 5.91 Å². The Morgan fingerprint density at radius 1 is 1.12 bits per heavy atom. The van der Waals surface area contributed by atoms with Gasteiger partial charge >= 0.3 is 0 Å². The van der Waals surface area contributed by atoms with E-state index < -0.39 is 6.10 Å². The Balaban J connectivity index is 1.39. The lowest BCUT2D eigenvalue weighted by Gasteiger charge is -2.33. The number of carbonyl (C=O) groups excluding carboxylic acids is 2. The molecule has 1 atom stereocenters. The fourth-order valence-corrected chi connectivity index (χ4v) is 4.94. The topological polar surface area (TPSA) is 67.9 Å². The molecule has 1 aliphatic carbocycles. The zero-order valence-corrected chi connectivity index (χ0v) is 20.3. The van der Waals surface area contributed by atoms with Crippen LogP contribution < -0.4 is 19.7 Å². The summed E-state index contributed by atoms with van der Waals surface area (Å²) in [5, 5.41) is 3.08. The molecule has 0 spiro atoms. The summed E-state index contributed by atoms with van der Waals surface area (Å²) in [7, 11) is 0. The zero-order chi connectivity index (χ0) is 23.9. The minimum atomic E-state index is -0.562. The SMILES string of the molecule is CCCCC1CCC(C(=O)Nc2ccc3c(c2)N(CCOc2ccccc2)C(=O)C(C)O3)CC1. The highest BCUT2D eigenvalue weighted by molar-refractivity contribution is 6.01. The number of ether oxygens (including phenoxy) is 2. The van der Waals surface area contributed by atoms with Crippen molar-refractivity contribution in [2.24, 2.45) is 11.8 Å². The maximum absolute atomic E-state index is 12.9. The molecule has 0 bridgehead atoms. The van der Waals surface area contributed by atoms with Crippen LogP contribution in [0.15, 0.2) is 48.5 Å². The van der Waals surface area contributed by atoms with E-state index in [1.807, 2.05) is 48.5 Å². The minimum absolute atomic E-state index is 0.0576. The van der Waals surface area contributed by atoms with E-state index >= 15 is 0 Å². The Morgan fingerprint density at radius 3 is 2.62 bits per heavy atom. The van der Waals surface area contributed by atoms with Crippen LogP contribution in [0.2, 0.25) is 0 Å². The summed E-state index contributed by atoms with van der Waals surface area (Å²) in [6, 6.07) is 15.1. The Bertz CT molecular complexity index is 970. The third kappa shape index (κ3) is 5.91. The van der Waals surface area contributed by atoms with Gasteiger partial charge < -0.3 is 19.7 Å². The predicted molar refractivity (Wildman–Crippen MR) is 134 cm³/mol. The monoisotopic (exact) mass is 464 g/mol. The first-order valence-electron chi connectivity index (χ1n) is 12.7. The van der Waals surface area contributed by atoms with Gasteiger partial charge in [0.05, 0.1) is 12.2 Å². The standard InChI is InChI=1S/C28H36N2O4/c1-3-4-8-21-11-13-22(14-12-21)27(31)29-23-15-16-26-25(19-23)30(28(32)20(2)34-26)17-18-33-24-9-6-5-7-10-24/h5-7,9-10,15-16,19-22H,3-4,8,11-14,17-18H2,1-2H3,(H,29,31). The van der Waals surface area contributed by atoms with Gasteiger partial charge in [0.25, 0.3) is 5.91 Å². The summed E-state index contributed by atoms with van der Waals surface area (Å²) in [4.78, 5) is 27.5. The van der Waals surface area contributed by atoms with E-state index in [0.717, 1.165) is 37.4 Å². The number of amides is 2. The van der Waals surface area contributed by atoms with E-state index in [1.54, 1.807) is 11.8 Å². The van der Waals surface area contributed by atoms with Crippen molar-refractivity contribution in [3.63, 3.8) is 0 Å². The van der Waals surface area contributed by atoms with Crippen LogP contribution in [0.5, 0.6) is 11.5 Å². The molecule has 0 aromatic heterocycles. The summed E-state index contributed by atoms with van der Waals surface area (Å²) in [5.41, 5.74) is 1.36. The molecule has 1 N–H and O–H groups in total. The van der Waals surface area contributed by atoms with Crippen LogP contribution in [0.25, 0.3) is 0 Å². The zero-order valence-electron chi connectivity index (χ0n) is 20.3. The third-order valence-electron chi connectivity index (χ3n) is 6.95. The number of hydrogen-bond acceptors (Lipinski definition) is 4. The van der Waals surface area contributed by atoms with E-state index in [-0.39, 0.29) is 17.7 Å². The van der Waals surface area contributed by atoms with Crippen LogP contribution in [-0.4, -0.2) is 31.1 Å². The van der Waals surface area contributed by atoms with Crippen LogP contribution in [0.1, 0.15) is 58.8 Å². The molecule has 1 fully saturated rings. The molecule has 1 aliphatic heterocycles. The van der Waals surface area contributed by atoms with E-state index in [1.165, 1.54) is 19.3 Å². The first-order chi connectivity index (χ1) is 16.5. The molecule has 2 aromatic carbocycles. The molecule has 2 amide bonds. The first kappa shape index (κ1) is 24.1. The fourth-order valence-electron chi connectivity index (χ4n) is 4.94. The van der Waals surface area contributed by atoms with Gasteiger partial charge in [-0.2, -0.15) is 0 Å². The second-order valence-corrected chi connectivity index (χ2v) is 9.44. The number of para-hydroxylation sites is 1. The number of unbranched alkanes of at least 4 members (excludes halogenated alkanes) is 1. The molecule has 6 nitrogen and oxygen atoms in total. The van der Waals surface area contributed by atoms with Gasteiger partial charge in [0, 0.05) is 11.6 Å². The molecule has 1 heterocycles. The number of hydrogen-bond donors (Lipinski definition) is 1. The number of benzene rings is 2. The van der Waals surface area contributed by atoms with Crippen molar-refractivity contribution < 1.29 is 19.1 Å². The van der Waals surface area contributed by atoms with E-state index in [0.29, 0.717) is 30.3 Å². The largest absolute Gasteiger partial charge is 0.492 e. The first-order valence-corrected chi connectivity index (χ1v) is 12.7. The molecule has 0 radical (unpaired) electrons. The van der Waals surface area contributed by atoms with Crippen molar-refractivity contribution in [3.8, 4) is 11.5 Å². The molecule has 1 unspecified atom stereocenters. The second-order valence-electron chi connectivity index (χ2n) is 9.44. The average Bonchev–Trinajstić information content (AvgIpc) is 2.86. The Morgan fingerprint density at radius 2 is 1.88 bits per heavy atom. The lowest BCUT2D eigenvalue weighted by molar-refractivity contribution is -0.125. The number of nitrogens with one attached hydrogen (secondary N) is 1. The van der Waals surface area contributed by atoms with Crippen LogP contribution in [0.3, 0.4) is 0 Å². The summed E-state index contributed by atoms with van der Waals surface area (Å²) in [6.45, 7) is 4.74. The van der Waals surface area contributed by atoms with Crippen molar-refractivity contribution in [3.05, 3.63) is 48.5 Å². The van der Waals surface area contributed by atoms with Gasteiger partial charge in [-0.05, 0) is 68.9 Å². The van der Waals surface area contributed by atoms with Gasteiger partial charge in [0.1, 0.15) is 18.1 Å². The summed E-state index contributed by atoms with van der Waals surface area (Å²) in [6.07, 6.45) is 7.41. The Kier molecular flexibility index (Phi) is 8.09. The van der Waals surface area contributed by atoms with Crippen LogP contribution in [0.4, 0.5) is 11.4 Å². The van der Waals surface area contributed by atoms with Crippen LogP contribution >= 0.6 is 0 Å². The molecule has 2 aromatic rings. The lowest BCUT2D eigenvalue weighted by Crippen LogP contribution is -2.46. The summed E-state index contributed by atoms with van der Waals surface area (Å²) < 4.78 is 11.6. The number of anilines is 2. The Labute approximate surface area is 202 Å². The van der Waals surface area contributed by atoms with Gasteiger partial charge in [0.15, 0.2) is 6.10 Å². The van der Waals surface area contributed by atoms with Gasteiger partial charge in [-0.25, -0.2) is 0 Å². The Hall–Kier alpha value is -3.02. The second kappa shape index (κ2) is 11.4. The molecule has 1 saturated carbocycles. The molecule has 182 valence electrons. The lowest BCUT2D eigenvalue weighted by atomic mass is 9.79. The molecular weight excluding hydrogens is 428 g/mol. The van der Waals surface area contributed by atoms with Crippen molar-refractivity contribution in [1.82, 2.24) is 0 Å². The minimum Gasteiger partial charge on any atom is -0.492 e. The highest BCUT2D eigenvalue weighted by atomic mass is 16.5. The summed E-state index contributed by atoms with van der Waals surface area (Å²) >= 11 is 0. The maximum atomic E-state index is 12.9. The van der Waals surface area contributed by atoms with E-state index in [4.69, 9.17) is 9.47 Å². The number of carbonyl (C=O) groups is 2. The van der Waals surface area contributed by atoms with Crippen LogP contribution in [-0.2, 0) is 9.59 Å². The predicted octanol–water partition coefficient (Wildman–Crippen LogP) is 5.81. The van der Waals surface area contributed by atoms with Crippen molar-refractivity contribution in [2.45, 2.75) is 64.9 Å². The maximum Gasteiger partial charge on any atom is 0.267 e. The molecule has 4 rings (SSSR count). The molecular formula is C28H36N2O4. The summed E-state index contributed by atoms with van der Waals surface area (Å²) in [5.74, 6) is 2.19. The smallest absolute Gasteiger partial charge is 0.267 e. The number of fused-ring (bicyclic) bond motifs is 1. The number of rotatable bonds is 9. The van der Waals surface area contributed by atoms with Gasteiger partial charge in [-0.1, -0.05) is 44.4 Å². The van der Waals surface area contributed by atoms with Crippen LogP contribution in [0, 0.1) is 11.8 Å². The van der Waals surface area contributed by atoms with E-state index in [9.17, 15) is 9.59 Å². The third-order valence-corrected chi connectivity index (χ3v) is 6.95. The fraction of sp³-hybridized carbons (Fsp3) is 0.500. The van der Waals surface area contributed by atoms with Crippen molar-refractivity contribution in [1.29, 1.82) is 0 Å². The molecule has 34 heavy (non-hydrogen) atoms. The molecule has 0 saturated heterocycles.